The number of hydrogen-bond acceptors (Lipinski definition) is 5. The number of nitrogens with one attached hydrogen (secondary N) is 1. The van der Waals surface area contributed by atoms with Gasteiger partial charge in [-0.3, -0.25) is 4.98 Å². The van der Waals surface area contributed by atoms with Crippen LogP contribution in [0.15, 0.2) is 43.1 Å². The van der Waals surface area contributed by atoms with Crippen LogP contribution in [0.1, 0.15) is 37.4 Å². The van der Waals surface area contributed by atoms with Crippen LogP contribution in [0.25, 0.3) is 11.5 Å². The molecule has 1 saturated heterocycles. The Bertz CT molecular complexity index is 802. The highest BCUT2D eigenvalue weighted by Gasteiger charge is 2.19. The third-order valence-corrected chi connectivity index (χ3v) is 4.82. The minimum Gasteiger partial charge on any atom is -0.326 e. The fraction of sp³-hybridized carbons (Fsp3) is 0.444. The molecule has 4 heterocycles. The molecule has 4 rings (SSSR count). The van der Waals surface area contributed by atoms with Crippen molar-refractivity contribution in [2.24, 2.45) is 0 Å². The number of hydrogen-bond donors (Lipinski definition) is 1. The lowest BCUT2D eigenvalue weighted by Crippen LogP contribution is -2.29. The third-order valence-electron chi connectivity index (χ3n) is 4.82. The molecule has 1 N–H and O–H groups in total. The first kappa shape index (κ1) is 16.0. The van der Waals surface area contributed by atoms with Crippen LogP contribution in [-0.2, 0) is 6.42 Å². The molecule has 0 radical (unpaired) electrons. The second kappa shape index (κ2) is 7.14. The first-order chi connectivity index (χ1) is 12.3. The van der Waals surface area contributed by atoms with E-state index in [1.54, 1.807) is 6.20 Å². The highest BCUT2D eigenvalue weighted by Crippen LogP contribution is 2.24. The predicted octanol–water partition coefficient (Wildman–Crippen LogP) is 2.26. The Morgan fingerprint density at radius 3 is 2.96 bits per heavy atom. The SMILES string of the molecule is CC(Cc1cccnc1)n1ccnc1-c1cn(C2CCNCC2)nn1. The summed E-state index contributed by atoms with van der Waals surface area (Å²) in [4.78, 5) is 8.73. The van der Waals surface area contributed by atoms with Crippen molar-refractivity contribution >= 4 is 0 Å². The Kier molecular flexibility index (Phi) is 4.56. The van der Waals surface area contributed by atoms with Gasteiger partial charge in [-0.15, -0.1) is 5.10 Å². The second-order valence-electron chi connectivity index (χ2n) is 6.64. The molecule has 0 aliphatic carbocycles. The van der Waals surface area contributed by atoms with Crippen LogP contribution in [0.3, 0.4) is 0 Å². The zero-order valence-electron chi connectivity index (χ0n) is 14.4. The van der Waals surface area contributed by atoms with Crippen LogP contribution < -0.4 is 5.32 Å². The topological polar surface area (TPSA) is 73.5 Å². The molecule has 1 aliphatic heterocycles. The number of nitrogens with zero attached hydrogens (tertiary/aromatic N) is 6. The van der Waals surface area contributed by atoms with E-state index in [9.17, 15) is 0 Å². The number of rotatable bonds is 5. The fourth-order valence-electron chi connectivity index (χ4n) is 3.45. The van der Waals surface area contributed by atoms with E-state index in [4.69, 9.17) is 0 Å². The third kappa shape index (κ3) is 3.46. The number of piperidine rings is 1. The van der Waals surface area contributed by atoms with E-state index < -0.39 is 0 Å². The van der Waals surface area contributed by atoms with E-state index in [1.165, 1.54) is 5.56 Å². The Balaban J connectivity index is 1.54. The Hall–Kier alpha value is -2.54. The van der Waals surface area contributed by atoms with Crippen molar-refractivity contribution in [2.75, 3.05) is 13.1 Å². The average Bonchev–Trinajstić information content (AvgIpc) is 3.32. The zero-order valence-corrected chi connectivity index (χ0v) is 14.4. The number of imidazole rings is 1. The van der Waals surface area contributed by atoms with Gasteiger partial charge in [0.25, 0.3) is 0 Å². The lowest BCUT2D eigenvalue weighted by molar-refractivity contribution is 0.337. The van der Waals surface area contributed by atoms with E-state index in [2.05, 4.69) is 43.2 Å². The van der Waals surface area contributed by atoms with Crippen LogP contribution in [0.4, 0.5) is 0 Å². The molecule has 1 atom stereocenters. The quantitative estimate of drug-likeness (QED) is 0.773. The summed E-state index contributed by atoms with van der Waals surface area (Å²) < 4.78 is 4.17. The van der Waals surface area contributed by atoms with E-state index in [0.717, 1.165) is 43.9 Å². The molecule has 0 bridgehead atoms. The summed E-state index contributed by atoms with van der Waals surface area (Å²) in [5, 5.41) is 12.1. The van der Waals surface area contributed by atoms with Crippen LogP contribution >= 0.6 is 0 Å². The van der Waals surface area contributed by atoms with Crippen molar-refractivity contribution in [2.45, 2.75) is 38.3 Å². The Morgan fingerprint density at radius 2 is 2.16 bits per heavy atom. The molecule has 1 fully saturated rings. The van der Waals surface area contributed by atoms with Gasteiger partial charge in [0.2, 0.25) is 0 Å². The molecule has 0 amide bonds. The van der Waals surface area contributed by atoms with Gasteiger partial charge >= 0.3 is 0 Å². The van der Waals surface area contributed by atoms with Crippen molar-refractivity contribution in [3.05, 3.63) is 48.7 Å². The molecule has 1 unspecified atom stereocenters. The van der Waals surface area contributed by atoms with E-state index >= 15 is 0 Å². The number of aromatic nitrogens is 6. The van der Waals surface area contributed by atoms with Gasteiger partial charge in [0.15, 0.2) is 5.82 Å². The average molecular weight is 337 g/mol. The molecule has 7 nitrogen and oxygen atoms in total. The largest absolute Gasteiger partial charge is 0.326 e. The lowest BCUT2D eigenvalue weighted by Gasteiger charge is -2.22. The van der Waals surface area contributed by atoms with Crippen LogP contribution in [-0.4, -0.2) is 42.6 Å². The van der Waals surface area contributed by atoms with E-state index in [0.29, 0.717) is 6.04 Å². The van der Waals surface area contributed by atoms with Crippen molar-refractivity contribution in [1.29, 1.82) is 0 Å². The van der Waals surface area contributed by atoms with Gasteiger partial charge in [-0.25, -0.2) is 9.67 Å². The molecule has 7 heteroatoms. The molecule has 130 valence electrons. The second-order valence-corrected chi connectivity index (χ2v) is 6.64. The Morgan fingerprint density at radius 1 is 1.28 bits per heavy atom. The summed E-state index contributed by atoms with van der Waals surface area (Å²) in [7, 11) is 0. The van der Waals surface area contributed by atoms with Crippen LogP contribution in [0.2, 0.25) is 0 Å². The summed E-state index contributed by atoms with van der Waals surface area (Å²) in [6.45, 7) is 4.27. The molecule has 1 aliphatic rings. The van der Waals surface area contributed by atoms with Crippen molar-refractivity contribution < 1.29 is 0 Å². The number of pyridine rings is 1. The maximum atomic E-state index is 4.53. The standard InChI is InChI=1S/C18H23N7/c1-14(11-15-3-2-6-20-12-15)24-10-9-21-18(24)17-13-25(23-22-17)16-4-7-19-8-5-16/h2-3,6,9-10,12-14,16,19H,4-5,7-8,11H2,1H3. The van der Waals surface area contributed by atoms with Crippen molar-refractivity contribution in [1.82, 2.24) is 34.8 Å². The summed E-state index contributed by atoms with van der Waals surface area (Å²) in [5.41, 5.74) is 2.05. The highest BCUT2D eigenvalue weighted by molar-refractivity contribution is 5.47. The lowest BCUT2D eigenvalue weighted by atomic mass is 10.1. The zero-order chi connectivity index (χ0) is 17.1. The maximum Gasteiger partial charge on any atom is 0.162 e. The smallest absolute Gasteiger partial charge is 0.162 e. The Labute approximate surface area is 147 Å². The molecule has 25 heavy (non-hydrogen) atoms. The molecule has 0 spiro atoms. The minimum absolute atomic E-state index is 0.269. The summed E-state index contributed by atoms with van der Waals surface area (Å²) >= 11 is 0. The van der Waals surface area contributed by atoms with Crippen LogP contribution in [0.5, 0.6) is 0 Å². The molecule has 0 saturated carbocycles. The van der Waals surface area contributed by atoms with Crippen molar-refractivity contribution in [3.8, 4) is 11.5 Å². The van der Waals surface area contributed by atoms with Gasteiger partial charge in [-0.1, -0.05) is 11.3 Å². The van der Waals surface area contributed by atoms with Gasteiger partial charge in [-0.05, 0) is 50.9 Å². The normalized spacial score (nSPS) is 16.8. The molecular formula is C18H23N7. The van der Waals surface area contributed by atoms with Crippen LogP contribution in [0, 0.1) is 0 Å². The fourth-order valence-corrected chi connectivity index (χ4v) is 3.45. The minimum atomic E-state index is 0.269. The molecule has 3 aromatic heterocycles. The monoisotopic (exact) mass is 337 g/mol. The summed E-state index contributed by atoms with van der Waals surface area (Å²) in [6.07, 6.45) is 12.7. The van der Waals surface area contributed by atoms with Gasteiger partial charge in [-0.2, -0.15) is 0 Å². The molecule has 3 aromatic rings. The summed E-state index contributed by atoms with van der Waals surface area (Å²) in [5.74, 6) is 0.872. The van der Waals surface area contributed by atoms with Gasteiger partial charge < -0.3 is 9.88 Å². The van der Waals surface area contributed by atoms with Gasteiger partial charge in [0, 0.05) is 30.8 Å². The molecular weight excluding hydrogens is 314 g/mol. The van der Waals surface area contributed by atoms with E-state index in [1.807, 2.05) is 35.5 Å². The first-order valence-electron chi connectivity index (χ1n) is 8.86. The van der Waals surface area contributed by atoms with Crippen molar-refractivity contribution in [3.63, 3.8) is 0 Å². The molecule has 0 aromatic carbocycles. The predicted molar refractivity (Wildman–Crippen MR) is 95.0 cm³/mol. The maximum absolute atomic E-state index is 4.53. The highest BCUT2D eigenvalue weighted by atomic mass is 15.4. The van der Waals surface area contributed by atoms with Gasteiger partial charge in [0.1, 0.15) is 5.69 Å². The summed E-state index contributed by atoms with van der Waals surface area (Å²) in [6, 6.07) is 4.78. The van der Waals surface area contributed by atoms with E-state index in [-0.39, 0.29) is 6.04 Å². The van der Waals surface area contributed by atoms with Gasteiger partial charge in [0.05, 0.1) is 12.2 Å². The first-order valence-corrected chi connectivity index (χ1v) is 8.86.